The number of aromatic nitrogens is 1. The summed E-state index contributed by atoms with van der Waals surface area (Å²) in [5, 5.41) is 5.39. The zero-order valence-electron chi connectivity index (χ0n) is 28.5. The topological polar surface area (TPSA) is 28.6 Å². The van der Waals surface area contributed by atoms with E-state index in [0.717, 1.165) is 35.1 Å². The molecule has 2 aliphatic heterocycles. The van der Waals surface area contributed by atoms with Crippen LogP contribution < -0.4 is 35.3 Å². The van der Waals surface area contributed by atoms with Gasteiger partial charge in [-0.05, 0) is 95.1 Å². The molecule has 9 rings (SSSR count). The molecule has 0 atom stereocenters. The van der Waals surface area contributed by atoms with E-state index in [-0.39, 0.29) is 0 Å². The summed E-state index contributed by atoms with van der Waals surface area (Å²) in [6.45, 7) is 7.32. The molecule has 2 aliphatic rings. The van der Waals surface area contributed by atoms with E-state index >= 15 is 0 Å². The number of benzene rings is 6. The van der Waals surface area contributed by atoms with Crippen molar-refractivity contribution in [1.82, 2.24) is 4.98 Å². The van der Waals surface area contributed by atoms with Gasteiger partial charge in [-0.15, -0.1) is 0 Å². The van der Waals surface area contributed by atoms with Crippen LogP contribution in [-0.2, 0) is 0 Å². The number of para-hydroxylation sites is 2. The molecule has 4 nitrogen and oxygen atoms in total. The highest BCUT2D eigenvalue weighted by Crippen LogP contribution is 2.46. The molecular weight excluding hydrogens is 627 g/mol. The maximum absolute atomic E-state index is 6.70. The summed E-state index contributed by atoms with van der Waals surface area (Å²) in [7, 11) is -2.58. The normalized spacial score (nSPS) is 13.9. The highest BCUT2D eigenvalue weighted by atomic mass is 28.3. The number of hydrogen-bond acceptors (Lipinski definition) is 4. The predicted octanol–water partition coefficient (Wildman–Crippen LogP) is 8.40. The number of fused-ring (bicyclic) bond motifs is 4. The molecule has 0 saturated heterocycles. The van der Waals surface area contributed by atoms with Crippen LogP contribution in [0.5, 0.6) is 11.5 Å². The van der Waals surface area contributed by atoms with E-state index in [2.05, 4.69) is 176 Å². The fraction of sp³-hybridized carbons (Fsp3) is 0.0889. The van der Waals surface area contributed by atoms with Crippen molar-refractivity contribution in [3.63, 3.8) is 0 Å². The molecule has 50 heavy (non-hydrogen) atoms. The van der Waals surface area contributed by atoms with E-state index in [1.165, 1.54) is 54.5 Å². The van der Waals surface area contributed by atoms with Gasteiger partial charge in [-0.3, -0.25) is 4.98 Å². The summed E-state index contributed by atoms with van der Waals surface area (Å²) in [5.41, 5.74) is 10.8. The van der Waals surface area contributed by atoms with Gasteiger partial charge in [-0.2, -0.15) is 0 Å². The predicted molar refractivity (Wildman–Crippen MR) is 210 cm³/mol. The third-order valence-electron chi connectivity index (χ3n) is 10.3. The molecule has 0 unspecified atom stereocenters. The molecule has 7 aromatic rings. The fourth-order valence-electron chi connectivity index (χ4n) is 8.42. The minimum atomic E-state index is -2.58. The Balaban J connectivity index is 1.09. The Bertz CT molecular complexity index is 2330. The lowest BCUT2D eigenvalue weighted by Gasteiger charge is -2.31. The number of ether oxygens (including phenoxy) is 1. The Morgan fingerprint density at radius 2 is 1.20 bits per heavy atom. The molecule has 0 N–H and O–H groups in total. The molecule has 0 radical (unpaired) electrons. The number of hydrogen-bond donors (Lipinski definition) is 0. The lowest BCUT2D eigenvalue weighted by atomic mass is 10.0. The van der Waals surface area contributed by atoms with Crippen molar-refractivity contribution in [2.75, 3.05) is 16.5 Å². The smallest absolute Gasteiger partial charge is 0.182 e. The van der Waals surface area contributed by atoms with E-state index in [1.54, 1.807) is 0 Å². The number of pyridine rings is 1. The maximum atomic E-state index is 6.70. The summed E-state index contributed by atoms with van der Waals surface area (Å²) in [5.74, 6) is 1.60. The van der Waals surface area contributed by atoms with Crippen molar-refractivity contribution in [2.24, 2.45) is 0 Å². The lowest BCUT2D eigenvalue weighted by Crippen LogP contribution is -2.72. The van der Waals surface area contributed by atoms with Crippen LogP contribution in [0.15, 0.2) is 158 Å². The second kappa shape index (κ2) is 11.9. The monoisotopic (exact) mass is 663 g/mol. The highest BCUT2D eigenvalue weighted by Gasteiger charge is 2.49. The molecule has 5 heteroatoms. The number of rotatable bonds is 6. The van der Waals surface area contributed by atoms with Gasteiger partial charge in [0.1, 0.15) is 18.2 Å². The second-order valence-corrected chi connectivity index (χ2v) is 17.2. The number of nitrogens with zero attached hydrogens (tertiary/aromatic N) is 3. The van der Waals surface area contributed by atoms with Crippen molar-refractivity contribution < 1.29 is 4.74 Å². The van der Waals surface area contributed by atoms with Crippen molar-refractivity contribution in [2.45, 2.75) is 20.8 Å². The molecule has 0 aliphatic carbocycles. The van der Waals surface area contributed by atoms with Gasteiger partial charge >= 0.3 is 0 Å². The third kappa shape index (κ3) is 4.69. The van der Waals surface area contributed by atoms with E-state index in [0.29, 0.717) is 0 Å². The van der Waals surface area contributed by atoms with E-state index in [4.69, 9.17) is 9.72 Å². The summed E-state index contributed by atoms with van der Waals surface area (Å²) in [4.78, 5) is 9.82. The molecule has 0 amide bonds. The minimum Gasteiger partial charge on any atom is -0.457 e. The van der Waals surface area contributed by atoms with Crippen molar-refractivity contribution in [3.8, 4) is 22.8 Å². The minimum absolute atomic E-state index is 0.723. The first-order valence-corrected chi connectivity index (χ1v) is 19.2. The van der Waals surface area contributed by atoms with Crippen LogP contribution in [0.25, 0.3) is 11.3 Å². The Labute approximate surface area is 294 Å². The van der Waals surface area contributed by atoms with E-state index in [1.807, 2.05) is 12.3 Å². The summed E-state index contributed by atoms with van der Waals surface area (Å²) < 4.78 is 6.70. The first-order valence-electron chi connectivity index (χ1n) is 17.2. The molecule has 0 saturated carbocycles. The standard InChI is InChI=1S/C45H37N3OSi/c1-31-26-32(2)45(33(3)27-31)48-30-47(40-20-10-11-21-41(40)48)34-14-12-15-35(28-34)49-36-23-24-42-39(29-36)44-43(22-13-25-46-44)50(42,37-16-6-4-7-17-37)38-18-8-5-9-19-38/h4-29H,30H2,1-3H3. The average molecular weight is 664 g/mol. The first kappa shape index (κ1) is 30.2. The average Bonchev–Trinajstić information content (AvgIpc) is 3.66. The Morgan fingerprint density at radius 1 is 0.560 bits per heavy atom. The van der Waals surface area contributed by atoms with Crippen LogP contribution in [0.1, 0.15) is 16.7 Å². The SMILES string of the molecule is Cc1cc(C)c(N2CN(c3cccc(Oc4ccc5c(c4)-c4ncccc4[Si]5(c4ccccc4)c4ccccc4)c3)c3ccccc32)c(C)c1. The summed E-state index contributed by atoms with van der Waals surface area (Å²) >= 11 is 0. The third-order valence-corrected chi connectivity index (χ3v) is 15.1. The molecule has 0 spiro atoms. The molecule has 3 heterocycles. The Hall–Kier alpha value is -5.91. The molecule has 6 aromatic carbocycles. The van der Waals surface area contributed by atoms with Gasteiger partial charge in [0, 0.05) is 29.2 Å². The van der Waals surface area contributed by atoms with Crippen molar-refractivity contribution in [1.29, 1.82) is 0 Å². The Kier molecular flexibility index (Phi) is 7.18. The van der Waals surface area contributed by atoms with Crippen LogP contribution in [0, 0.1) is 20.8 Å². The van der Waals surface area contributed by atoms with Gasteiger partial charge in [-0.25, -0.2) is 0 Å². The summed E-state index contributed by atoms with van der Waals surface area (Å²) in [6.07, 6.45) is 1.91. The number of anilines is 4. The van der Waals surface area contributed by atoms with Crippen molar-refractivity contribution in [3.05, 3.63) is 175 Å². The van der Waals surface area contributed by atoms with Crippen molar-refractivity contribution >= 4 is 51.6 Å². The van der Waals surface area contributed by atoms with Gasteiger partial charge in [-0.1, -0.05) is 109 Å². The fourth-order valence-corrected chi connectivity index (χ4v) is 13.5. The highest BCUT2D eigenvalue weighted by molar-refractivity contribution is 7.22. The Morgan fingerprint density at radius 3 is 1.90 bits per heavy atom. The quantitative estimate of drug-likeness (QED) is 0.167. The van der Waals surface area contributed by atoms with Crippen LogP contribution in [0.2, 0.25) is 0 Å². The zero-order valence-corrected chi connectivity index (χ0v) is 29.5. The van der Waals surface area contributed by atoms with Crippen LogP contribution in [-0.4, -0.2) is 19.7 Å². The van der Waals surface area contributed by atoms with Crippen LogP contribution in [0.3, 0.4) is 0 Å². The van der Waals surface area contributed by atoms with Gasteiger partial charge in [0.15, 0.2) is 8.07 Å². The van der Waals surface area contributed by atoms with Crippen LogP contribution in [0.4, 0.5) is 22.7 Å². The first-order chi connectivity index (χ1) is 24.5. The molecule has 0 bridgehead atoms. The maximum Gasteiger partial charge on any atom is 0.182 e. The van der Waals surface area contributed by atoms with E-state index in [9.17, 15) is 0 Å². The zero-order chi connectivity index (χ0) is 33.8. The second-order valence-electron chi connectivity index (χ2n) is 13.4. The lowest BCUT2D eigenvalue weighted by molar-refractivity contribution is 0.483. The van der Waals surface area contributed by atoms with Gasteiger partial charge < -0.3 is 14.5 Å². The molecular formula is C45H37N3OSi. The summed E-state index contributed by atoms with van der Waals surface area (Å²) in [6, 6.07) is 54.7. The number of aryl methyl sites for hydroxylation is 3. The van der Waals surface area contributed by atoms with Gasteiger partial charge in [0.2, 0.25) is 0 Å². The molecule has 242 valence electrons. The molecule has 1 aromatic heterocycles. The van der Waals surface area contributed by atoms with E-state index < -0.39 is 8.07 Å². The van der Waals surface area contributed by atoms with Crippen LogP contribution >= 0.6 is 0 Å². The molecule has 0 fully saturated rings. The van der Waals surface area contributed by atoms with Gasteiger partial charge in [0.25, 0.3) is 0 Å². The van der Waals surface area contributed by atoms with Gasteiger partial charge in [0.05, 0.1) is 17.1 Å². The largest absolute Gasteiger partial charge is 0.457 e.